The van der Waals surface area contributed by atoms with Gasteiger partial charge >= 0.3 is 5.97 Å². The first kappa shape index (κ1) is 10.2. The Morgan fingerprint density at radius 2 is 2.20 bits per heavy atom. The maximum absolute atomic E-state index is 10.9. The van der Waals surface area contributed by atoms with Crippen LogP contribution in [0.5, 0.6) is 0 Å². The second-order valence-electron chi connectivity index (χ2n) is 4.29. The van der Waals surface area contributed by atoms with Crippen LogP contribution in [-0.2, 0) is 16.8 Å². The lowest BCUT2D eigenvalue weighted by atomic mass is 9.88. The van der Waals surface area contributed by atoms with Crippen LogP contribution in [0.4, 0.5) is 0 Å². The van der Waals surface area contributed by atoms with Gasteiger partial charge in [0, 0.05) is 0 Å². The first-order valence-corrected chi connectivity index (χ1v) is 5.01. The van der Waals surface area contributed by atoms with E-state index < -0.39 is 5.97 Å². The van der Waals surface area contributed by atoms with Crippen LogP contribution < -0.4 is 0 Å². The van der Waals surface area contributed by atoms with Gasteiger partial charge in [0.05, 0.1) is 17.8 Å². The Kier molecular flexibility index (Phi) is 2.27. The van der Waals surface area contributed by atoms with Gasteiger partial charge in [-0.15, -0.1) is 0 Å². The van der Waals surface area contributed by atoms with Gasteiger partial charge in [-0.05, 0) is 43.5 Å². The van der Waals surface area contributed by atoms with Crippen molar-refractivity contribution in [1.82, 2.24) is 0 Å². The molecular formula is C12H14O3. The summed E-state index contributed by atoms with van der Waals surface area (Å²) in [5, 5.41) is 8.92. The van der Waals surface area contributed by atoms with Gasteiger partial charge in [0.25, 0.3) is 0 Å². The number of rotatable bonds is 1. The zero-order chi connectivity index (χ0) is 11.1. The van der Waals surface area contributed by atoms with E-state index in [9.17, 15) is 4.79 Å². The SMILES string of the molecule is CC1(C)OCCc2ccc(C(=O)O)cc21. The highest BCUT2D eigenvalue weighted by atomic mass is 16.5. The predicted molar refractivity (Wildman–Crippen MR) is 56.1 cm³/mol. The molecule has 15 heavy (non-hydrogen) atoms. The van der Waals surface area contributed by atoms with Crippen molar-refractivity contribution in [3.63, 3.8) is 0 Å². The van der Waals surface area contributed by atoms with Crippen LogP contribution in [0.3, 0.4) is 0 Å². The molecule has 0 aliphatic carbocycles. The fourth-order valence-electron chi connectivity index (χ4n) is 1.98. The summed E-state index contributed by atoms with van der Waals surface area (Å²) < 4.78 is 5.63. The molecule has 1 aliphatic rings. The lowest BCUT2D eigenvalue weighted by Crippen LogP contribution is -2.29. The quantitative estimate of drug-likeness (QED) is 0.766. The highest BCUT2D eigenvalue weighted by Crippen LogP contribution is 2.32. The van der Waals surface area contributed by atoms with E-state index in [1.54, 1.807) is 12.1 Å². The topological polar surface area (TPSA) is 46.5 Å². The van der Waals surface area contributed by atoms with Crippen LogP contribution in [0.15, 0.2) is 18.2 Å². The summed E-state index contributed by atoms with van der Waals surface area (Å²) in [7, 11) is 0. The smallest absolute Gasteiger partial charge is 0.335 e. The molecule has 3 heteroatoms. The van der Waals surface area contributed by atoms with Crippen LogP contribution in [0.1, 0.15) is 35.3 Å². The number of hydrogen-bond acceptors (Lipinski definition) is 2. The van der Waals surface area contributed by atoms with Gasteiger partial charge in [-0.3, -0.25) is 0 Å². The van der Waals surface area contributed by atoms with Gasteiger partial charge in [0.1, 0.15) is 0 Å². The molecule has 0 unspecified atom stereocenters. The number of carboxylic acid groups (broad SMARTS) is 1. The molecule has 0 radical (unpaired) electrons. The molecule has 3 nitrogen and oxygen atoms in total. The molecule has 0 aromatic heterocycles. The third kappa shape index (κ3) is 1.75. The van der Waals surface area contributed by atoms with Crippen LogP contribution in [0, 0.1) is 0 Å². The predicted octanol–water partition coefficient (Wildman–Crippen LogP) is 2.19. The molecule has 2 rings (SSSR count). The molecule has 0 saturated carbocycles. The molecule has 0 atom stereocenters. The summed E-state index contributed by atoms with van der Waals surface area (Å²) in [5.74, 6) is -0.890. The van der Waals surface area contributed by atoms with Gasteiger partial charge in [-0.25, -0.2) is 4.79 Å². The molecule has 1 aliphatic heterocycles. The highest BCUT2D eigenvalue weighted by Gasteiger charge is 2.28. The summed E-state index contributed by atoms with van der Waals surface area (Å²) in [6.07, 6.45) is 0.860. The van der Waals surface area contributed by atoms with E-state index in [0.29, 0.717) is 12.2 Å². The maximum Gasteiger partial charge on any atom is 0.335 e. The molecule has 80 valence electrons. The summed E-state index contributed by atoms with van der Waals surface area (Å²) in [5.41, 5.74) is 2.14. The Morgan fingerprint density at radius 1 is 1.47 bits per heavy atom. The van der Waals surface area contributed by atoms with Crippen molar-refractivity contribution < 1.29 is 14.6 Å². The molecular weight excluding hydrogens is 192 g/mol. The number of ether oxygens (including phenoxy) is 1. The van der Waals surface area contributed by atoms with Crippen molar-refractivity contribution in [3.8, 4) is 0 Å². The molecule has 1 aromatic rings. The minimum atomic E-state index is -0.890. The lowest BCUT2D eigenvalue weighted by molar-refractivity contribution is -0.0315. The third-order valence-electron chi connectivity index (χ3n) is 2.84. The number of hydrogen-bond donors (Lipinski definition) is 1. The maximum atomic E-state index is 10.9. The average molecular weight is 206 g/mol. The van der Waals surface area contributed by atoms with Gasteiger partial charge in [0.2, 0.25) is 0 Å². The lowest BCUT2D eigenvalue weighted by Gasteiger charge is -2.33. The van der Waals surface area contributed by atoms with Gasteiger partial charge in [0.15, 0.2) is 0 Å². The molecule has 0 fully saturated rings. The Balaban J connectivity index is 2.53. The third-order valence-corrected chi connectivity index (χ3v) is 2.84. The molecule has 1 aromatic carbocycles. The first-order valence-electron chi connectivity index (χ1n) is 5.01. The van der Waals surface area contributed by atoms with E-state index >= 15 is 0 Å². The van der Waals surface area contributed by atoms with E-state index in [1.165, 1.54) is 5.56 Å². The molecule has 0 spiro atoms. The monoisotopic (exact) mass is 206 g/mol. The fourth-order valence-corrected chi connectivity index (χ4v) is 1.98. The van der Waals surface area contributed by atoms with Crippen molar-refractivity contribution >= 4 is 5.97 Å². The van der Waals surface area contributed by atoms with Crippen molar-refractivity contribution in [2.24, 2.45) is 0 Å². The molecule has 0 amide bonds. The molecule has 0 bridgehead atoms. The van der Waals surface area contributed by atoms with Crippen LogP contribution >= 0.6 is 0 Å². The standard InChI is InChI=1S/C12H14O3/c1-12(2)10-7-9(11(13)14)4-3-8(10)5-6-15-12/h3-4,7H,5-6H2,1-2H3,(H,13,14). The Morgan fingerprint density at radius 3 is 2.87 bits per heavy atom. The van der Waals surface area contributed by atoms with Gasteiger partial charge in [-0.1, -0.05) is 6.07 Å². The number of aromatic carboxylic acids is 1. The first-order chi connectivity index (χ1) is 7.00. The van der Waals surface area contributed by atoms with E-state index in [2.05, 4.69) is 0 Å². The summed E-state index contributed by atoms with van der Waals surface area (Å²) >= 11 is 0. The van der Waals surface area contributed by atoms with E-state index in [0.717, 1.165) is 12.0 Å². The zero-order valence-corrected chi connectivity index (χ0v) is 8.91. The normalized spacial score (nSPS) is 18.3. The number of fused-ring (bicyclic) bond motifs is 1. The number of benzene rings is 1. The van der Waals surface area contributed by atoms with E-state index in [1.807, 2.05) is 19.9 Å². The molecule has 0 saturated heterocycles. The fraction of sp³-hybridized carbons (Fsp3) is 0.417. The highest BCUT2D eigenvalue weighted by molar-refractivity contribution is 5.88. The minimum Gasteiger partial charge on any atom is -0.478 e. The number of carboxylic acids is 1. The number of carbonyl (C=O) groups is 1. The second-order valence-corrected chi connectivity index (χ2v) is 4.29. The van der Waals surface area contributed by atoms with Crippen molar-refractivity contribution in [3.05, 3.63) is 34.9 Å². The largest absolute Gasteiger partial charge is 0.478 e. The molecule has 1 N–H and O–H groups in total. The van der Waals surface area contributed by atoms with Crippen LogP contribution in [0.2, 0.25) is 0 Å². The Hall–Kier alpha value is -1.35. The summed E-state index contributed by atoms with van der Waals surface area (Å²) in [6.45, 7) is 4.64. The van der Waals surface area contributed by atoms with Gasteiger partial charge < -0.3 is 9.84 Å². The van der Waals surface area contributed by atoms with Crippen molar-refractivity contribution in [2.75, 3.05) is 6.61 Å². The zero-order valence-electron chi connectivity index (χ0n) is 8.91. The summed E-state index contributed by atoms with van der Waals surface area (Å²) in [4.78, 5) is 10.9. The van der Waals surface area contributed by atoms with E-state index in [-0.39, 0.29) is 5.60 Å². The average Bonchev–Trinajstić information content (AvgIpc) is 2.17. The van der Waals surface area contributed by atoms with E-state index in [4.69, 9.17) is 9.84 Å². The Bertz CT molecular complexity index is 407. The minimum absolute atomic E-state index is 0.326. The Labute approximate surface area is 88.7 Å². The summed E-state index contributed by atoms with van der Waals surface area (Å²) in [6, 6.07) is 5.27. The molecule has 1 heterocycles. The van der Waals surface area contributed by atoms with Crippen molar-refractivity contribution in [2.45, 2.75) is 25.9 Å². The van der Waals surface area contributed by atoms with Crippen LogP contribution in [-0.4, -0.2) is 17.7 Å². The van der Waals surface area contributed by atoms with Crippen molar-refractivity contribution in [1.29, 1.82) is 0 Å². The second kappa shape index (κ2) is 3.35. The van der Waals surface area contributed by atoms with Crippen LogP contribution in [0.25, 0.3) is 0 Å². The van der Waals surface area contributed by atoms with Gasteiger partial charge in [-0.2, -0.15) is 0 Å².